The minimum Gasteiger partial charge on any atom is -0.486 e. The van der Waals surface area contributed by atoms with E-state index in [9.17, 15) is 9.18 Å². The van der Waals surface area contributed by atoms with Gasteiger partial charge in [0.05, 0.1) is 6.54 Å². The van der Waals surface area contributed by atoms with E-state index in [1.165, 1.54) is 12.1 Å². The molecule has 0 amide bonds. The number of nitrogens with one attached hydrogen (secondary N) is 1. The van der Waals surface area contributed by atoms with E-state index in [1.807, 2.05) is 54.6 Å². The first-order valence-electron chi connectivity index (χ1n) is 9.12. The van der Waals surface area contributed by atoms with E-state index in [0.717, 1.165) is 16.7 Å². The van der Waals surface area contributed by atoms with Gasteiger partial charge in [-0.05, 0) is 47.5 Å². The van der Waals surface area contributed by atoms with Crippen LogP contribution in [0.1, 0.15) is 18.1 Å². The number of carboxylic acid groups (broad SMARTS) is 1. The van der Waals surface area contributed by atoms with Crippen molar-refractivity contribution >= 4 is 5.97 Å². The Hall–Kier alpha value is -3.18. The lowest BCUT2D eigenvalue weighted by molar-refractivity contribution is -0.135. The van der Waals surface area contributed by atoms with E-state index in [0.29, 0.717) is 18.7 Å². The summed E-state index contributed by atoms with van der Waals surface area (Å²) in [6, 6.07) is 24.0. The summed E-state index contributed by atoms with van der Waals surface area (Å²) in [4.78, 5) is 10.7. The smallest absolute Gasteiger partial charge is 0.317 e. The van der Waals surface area contributed by atoms with Gasteiger partial charge in [-0.1, -0.05) is 54.6 Å². The minimum absolute atomic E-state index is 0.109. The maximum Gasteiger partial charge on any atom is 0.317 e. The Morgan fingerprint density at radius 3 is 2.21 bits per heavy atom. The van der Waals surface area contributed by atoms with Gasteiger partial charge in [0.15, 0.2) is 0 Å². The molecule has 4 nitrogen and oxygen atoms in total. The first-order valence-corrected chi connectivity index (χ1v) is 9.12. The molecule has 0 fully saturated rings. The van der Waals surface area contributed by atoms with Gasteiger partial charge in [0, 0.05) is 6.42 Å². The zero-order valence-electron chi connectivity index (χ0n) is 15.3. The van der Waals surface area contributed by atoms with Gasteiger partial charge >= 0.3 is 5.97 Å². The third-order valence-electron chi connectivity index (χ3n) is 4.34. The van der Waals surface area contributed by atoms with Crippen molar-refractivity contribution in [2.75, 3.05) is 13.1 Å². The predicted octanol–water partition coefficient (Wildman–Crippen LogP) is 4.68. The van der Waals surface area contributed by atoms with Gasteiger partial charge in [-0.3, -0.25) is 4.79 Å². The van der Waals surface area contributed by atoms with Gasteiger partial charge in [0.2, 0.25) is 0 Å². The summed E-state index contributed by atoms with van der Waals surface area (Å²) >= 11 is 0. The van der Waals surface area contributed by atoms with Crippen molar-refractivity contribution in [2.45, 2.75) is 12.5 Å². The molecule has 28 heavy (non-hydrogen) atoms. The van der Waals surface area contributed by atoms with Crippen molar-refractivity contribution in [3.8, 4) is 16.9 Å². The maximum absolute atomic E-state index is 13.3. The molecular formula is C23H22FNO3. The highest BCUT2D eigenvalue weighted by Crippen LogP contribution is 2.27. The summed E-state index contributed by atoms with van der Waals surface area (Å²) in [6.07, 6.45) is 0.240. The van der Waals surface area contributed by atoms with Crippen molar-refractivity contribution in [2.24, 2.45) is 0 Å². The summed E-state index contributed by atoms with van der Waals surface area (Å²) < 4.78 is 19.4. The number of hydrogen-bond donors (Lipinski definition) is 2. The van der Waals surface area contributed by atoms with Crippen molar-refractivity contribution in [3.05, 3.63) is 90.2 Å². The molecule has 3 aromatic carbocycles. The van der Waals surface area contributed by atoms with Crippen LogP contribution in [0.15, 0.2) is 78.9 Å². The van der Waals surface area contributed by atoms with E-state index in [4.69, 9.17) is 9.84 Å². The number of hydrogen-bond acceptors (Lipinski definition) is 3. The van der Waals surface area contributed by atoms with Gasteiger partial charge in [-0.2, -0.15) is 0 Å². The number of rotatable bonds is 9. The molecule has 0 spiro atoms. The second kappa shape index (κ2) is 9.67. The second-order valence-electron chi connectivity index (χ2n) is 6.41. The van der Waals surface area contributed by atoms with E-state index >= 15 is 0 Å². The fourth-order valence-corrected chi connectivity index (χ4v) is 2.92. The van der Waals surface area contributed by atoms with Crippen LogP contribution < -0.4 is 10.1 Å². The number of halogens is 1. The Morgan fingerprint density at radius 2 is 1.57 bits per heavy atom. The molecule has 1 atom stereocenters. The molecule has 5 heteroatoms. The molecule has 0 saturated heterocycles. The Morgan fingerprint density at radius 1 is 0.929 bits per heavy atom. The van der Waals surface area contributed by atoms with Crippen LogP contribution >= 0.6 is 0 Å². The lowest BCUT2D eigenvalue weighted by atomic mass is 10.0. The summed E-state index contributed by atoms with van der Waals surface area (Å²) in [5, 5.41) is 11.6. The van der Waals surface area contributed by atoms with Crippen molar-refractivity contribution < 1.29 is 19.0 Å². The molecule has 0 radical (unpaired) electrons. The van der Waals surface area contributed by atoms with E-state index in [-0.39, 0.29) is 18.5 Å². The molecule has 0 heterocycles. The first-order chi connectivity index (χ1) is 13.6. The van der Waals surface area contributed by atoms with Crippen LogP contribution in [0.4, 0.5) is 4.39 Å². The third kappa shape index (κ3) is 5.66. The van der Waals surface area contributed by atoms with Crippen molar-refractivity contribution in [3.63, 3.8) is 0 Å². The van der Waals surface area contributed by atoms with Crippen LogP contribution in [-0.4, -0.2) is 24.2 Å². The Labute approximate surface area is 163 Å². The van der Waals surface area contributed by atoms with Crippen LogP contribution in [-0.2, 0) is 4.79 Å². The minimum atomic E-state index is -0.907. The van der Waals surface area contributed by atoms with Gasteiger partial charge in [-0.25, -0.2) is 4.39 Å². The van der Waals surface area contributed by atoms with E-state index < -0.39 is 5.97 Å². The van der Waals surface area contributed by atoms with Crippen LogP contribution in [0.25, 0.3) is 11.1 Å². The second-order valence-corrected chi connectivity index (χ2v) is 6.41. The normalized spacial score (nSPS) is 11.8. The number of carboxylic acids is 1. The average Bonchev–Trinajstić information content (AvgIpc) is 2.72. The molecule has 2 N–H and O–H groups in total. The van der Waals surface area contributed by atoms with Crippen LogP contribution in [0.2, 0.25) is 0 Å². The summed E-state index contributed by atoms with van der Waals surface area (Å²) in [7, 11) is 0. The molecule has 144 valence electrons. The van der Waals surface area contributed by atoms with Crippen molar-refractivity contribution in [1.29, 1.82) is 0 Å². The van der Waals surface area contributed by atoms with Crippen molar-refractivity contribution in [1.82, 2.24) is 5.32 Å². The molecule has 0 aliphatic rings. The standard InChI is InChI=1S/C23H22FNO3/c24-20-10-6-19(7-11-20)22(14-15-25-16-23(26)27)28-21-12-8-18(9-13-21)17-4-2-1-3-5-17/h1-13,22,25H,14-16H2,(H,26,27). The summed E-state index contributed by atoms with van der Waals surface area (Å²) in [5.74, 6) is -0.512. The first kappa shape index (κ1) is 19.6. The summed E-state index contributed by atoms with van der Waals surface area (Å²) in [5.41, 5.74) is 3.06. The molecule has 0 aromatic heterocycles. The Balaban J connectivity index is 1.70. The molecule has 0 aliphatic carbocycles. The van der Waals surface area contributed by atoms with Gasteiger partial charge < -0.3 is 15.2 Å². The average molecular weight is 379 g/mol. The molecule has 0 saturated carbocycles. The highest BCUT2D eigenvalue weighted by atomic mass is 19.1. The number of benzene rings is 3. The van der Waals surface area contributed by atoms with Crippen LogP contribution in [0.5, 0.6) is 5.75 Å². The number of ether oxygens (including phenoxy) is 1. The quantitative estimate of drug-likeness (QED) is 0.530. The largest absolute Gasteiger partial charge is 0.486 e. The fraction of sp³-hybridized carbons (Fsp3) is 0.174. The number of carbonyl (C=O) groups is 1. The zero-order chi connectivity index (χ0) is 19.8. The Kier molecular flexibility index (Phi) is 6.76. The molecular weight excluding hydrogens is 357 g/mol. The zero-order valence-corrected chi connectivity index (χ0v) is 15.3. The van der Waals surface area contributed by atoms with E-state index in [1.54, 1.807) is 12.1 Å². The Bertz CT molecular complexity index is 880. The number of aliphatic carboxylic acids is 1. The van der Waals surface area contributed by atoms with Gasteiger partial charge in [-0.15, -0.1) is 0 Å². The summed E-state index contributed by atoms with van der Waals surface area (Å²) in [6.45, 7) is 0.359. The maximum atomic E-state index is 13.3. The molecule has 0 aliphatic heterocycles. The highest BCUT2D eigenvalue weighted by molar-refractivity contribution is 5.69. The lowest BCUT2D eigenvalue weighted by Gasteiger charge is -2.20. The fourth-order valence-electron chi connectivity index (χ4n) is 2.92. The van der Waals surface area contributed by atoms with Gasteiger partial charge in [0.1, 0.15) is 17.7 Å². The molecule has 3 aromatic rings. The molecule has 1 unspecified atom stereocenters. The molecule has 3 rings (SSSR count). The van der Waals surface area contributed by atoms with Crippen LogP contribution in [0.3, 0.4) is 0 Å². The lowest BCUT2D eigenvalue weighted by Crippen LogP contribution is -2.25. The monoisotopic (exact) mass is 379 g/mol. The predicted molar refractivity (Wildman–Crippen MR) is 107 cm³/mol. The SMILES string of the molecule is O=C(O)CNCCC(Oc1ccc(-c2ccccc2)cc1)c1ccc(F)cc1. The molecule has 0 bridgehead atoms. The van der Waals surface area contributed by atoms with Gasteiger partial charge in [0.25, 0.3) is 0 Å². The highest BCUT2D eigenvalue weighted by Gasteiger charge is 2.14. The third-order valence-corrected chi connectivity index (χ3v) is 4.34. The van der Waals surface area contributed by atoms with Crippen LogP contribution in [0, 0.1) is 5.82 Å². The topological polar surface area (TPSA) is 58.6 Å². The van der Waals surface area contributed by atoms with E-state index in [2.05, 4.69) is 5.32 Å².